The minimum Gasteiger partial charge on any atom is -0.480 e. The molecule has 1 fully saturated rings. The molecule has 0 aromatic rings. The van der Waals surface area contributed by atoms with Crippen LogP contribution in [0.25, 0.3) is 0 Å². The molecule has 1 heterocycles. The van der Waals surface area contributed by atoms with Gasteiger partial charge in [-0.1, -0.05) is 24.3 Å². The molecule has 0 aromatic heterocycles. The van der Waals surface area contributed by atoms with E-state index in [1.54, 1.807) is 12.2 Å². The summed E-state index contributed by atoms with van der Waals surface area (Å²) in [5, 5.41) is 20.4. The lowest BCUT2D eigenvalue weighted by Crippen LogP contribution is -2.34. The third-order valence-corrected chi connectivity index (χ3v) is 2.75. The van der Waals surface area contributed by atoms with Crippen LogP contribution in [-0.2, 0) is 9.59 Å². The highest BCUT2D eigenvalue weighted by Gasteiger charge is 2.46. The highest BCUT2D eigenvalue weighted by Crippen LogP contribution is 2.35. The number of nitrogens with one attached hydrogen (secondary N) is 1. The lowest BCUT2D eigenvalue weighted by Gasteiger charge is -2.21. The molecule has 1 aliphatic carbocycles. The zero-order valence-electron chi connectivity index (χ0n) is 7.88. The van der Waals surface area contributed by atoms with Gasteiger partial charge in [-0.25, -0.2) is 4.79 Å². The molecule has 5 nitrogen and oxygen atoms in total. The Hall–Kier alpha value is -1.62. The summed E-state index contributed by atoms with van der Waals surface area (Å²) in [4.78, 5) is 22.3. The van der Waals surface area contributed by atoms with E-state index in [-0.39, 0.29) is 12.3 Å². The van der Waals surface area contributed by atoms with Crippen LogP contribution in [0.1, 0.15) is 6.42 Å². The van der Waals surface area contributed by atoms with E-state index >= 15 is 0 Å². The van der Waals surface area contributed by atoms with Crippen LogP contribution in [0.2, 0.25) is 0 Å². The summed E-state index contributed by atoms with van der Waals surface area (Å²) in [5.41, 5.74) is -0.887. The number of aliphatic carboxylic acids is 1. The molecule has 5 heteroatoms. The Morgan fingerprint density at radius 2 is 2.07 bits per heavy atom. The monoisotopic (exact) mass is 209 g/mol. The lowest BCUT2D eigenvalue weighted by atomic mass is 9.81. The van der Waals surface area contributed by atoms with E-state index in [9.17, 15) is 14.7 Å². The zero-order chi connectivity index (χ0) is 11.1. The summed E-state index contributed by atoms with van der Waals surface area (Å²) < 4.78 is 0. The Balaban J connectivity index is 2.24. The van der Waals surface area contributed by atoms with Crippen LogP contribution in [0.15, 0.2) is 24.3 Å². The van der Waals surface area contributed by atoms with Gasteiger partial charge >= 0.3 is 5.97 Å². The number of carboxylic acid groups (broad SMARTS) is 1. The number of carbonyl (C=O) groups is 2. The molecule has 80 valence electrons. The van der Waals surface area contributed by atoms with Gasteiger partial charge in [0.2, 0.25) is 5.91 Å². The molecule has 2 aliphatic rings. The highest BCUT2D eigenvalue weighted by molar-refractivity contribution is 5.94. The second-order valence-corrected chi connectivity index (χ2v) is 3.82. The van der Waals surface area contributed by atoms with E-state index in [4.69, 9.17) is 5.11 Å². The van der Waals surface area contributed by atoms with Crippen LogP contribution in [-0.4, -0.2) is 34.2 Å². The van der Waals surface area contributed by atoms with Crippen molar-refractivity contribution in [3.05, 3.63) is 24.3 Å². The molecule has 2 rings (SSSR count). The van der Waals surface area contributed by atoms with Gasteiger partial charge < -0.3 is 15.5 Å². The Kier molecular flexibility index (Phi) is 2.12. The normalized spacial score (nSPS) is 38.3. The van der Waals surface area contributed by atoms with Gasteiger partial charge in [0.25, 0.3) is 0 Å². The third kappa shape index (κ3) is 1.55. The fourth-order valence-electron chi connectivity index (χ4n) is 1.87. The maximum absolute atomic E-state index is 11.6. The lowest BCUT2D eigenvalue weighted by molar-refractivity contribution is -0.140. The quantitative estimate of drug-likeness (QED) is 0.505. The maximum atomic E-state index is 11.6. The van der Waals surface area contributed by atoms with Gasteiger partial charge in [-0.15, -0.1) is 0 Å². The molecule has 1 saturated heterocycles. The zero-order valence-corrected chi connectivity index (χ0v) is 7.88. The molecule has 0 bridgehead atoms. The van der Waals surface area contributed by atoms with Gasteiger partial charge in [-0.2, -0.15) is 0 Å². The first-order valence-corrected chi connectivity index (χ1v) is 4.64. The molecule has 0 saturated carbocycles. The first-order valence-electron chi connectivity index (χ1n) is 4.64. The average molecular weight is 209 g/mol. The van der Waals surface area contributed by atoms with E-state index in [2.05, 4.69) is 5.32 Å². The van der Waals surface area contributed by atoms with Crippen molar-refractivity contribution in [1.29, 1.82) is 0 Å². The van der Waals surface area contributed by atoms with Crippen LogP contribution >= 0.6 is 0 Å². The summed E-state index contributed by atoms with van der Waals surface area (Å²) in [6, 6.07) is -0.845. The van der Waals surface area contributed by atoms with Crippen molar-refractivity contribution in [2.24, 2.45) is 5.41 Å². The van der Waals surface area contributed by atoms with Crippen molar-refractivity contribution < 1.29 is 19.8 Å². The van der Waals surface area contributed by atoms with Crippen molar-refractivity contribution in [3.8, 4) is 0 Å². The van der Waals surface area contributed by atoms with Crippen LogP contribution in [0, 0.1) is 5.41 Å². The number of aliphatic hydroxyl groups excluding tert-OH is 1. The summed E-state index contributed by atoms with van der Waals surface area (Å²) in [6.45, 7) is 0. The predicted molar refractivity (Wildman–Crippen MR) is 50.9 cm³/mol. The molecule has 1 amide bonds. The van der Waals surface area contributed by atoms with Crippen LogP contribution in [0.4, 0.5) is 0 Å². The van der Waals surface area contributed by atoms with Crippen LogP contribution in [0.5, 0.6) is 0 Å². The Morgan fingerprint density at radius 3 is 2.53 bits per heavy atom. The van der Waals surface area contributed by atoms with Gasteiger partial charge in [-0.05, 0) is 6.42 Å². The van der Waals surface area contributed by atoms with Gasteiger partial charge in [0.15, 0.2) is 0 Å². The highest BCUT2D eigenvalue weighted by atomic mass is 16.4. The second-order valence-electron chi connectivity index (χ2n) is 3.82. The number of hydrogen-bond acceptors (Lipinski definition) is 3. The molecule has 1 aliphatic heterocycles. The van der Waals surface area contributed by atoms with Crippen molar-refractivity contribution in [2.75, 3.05) is 0 Å². The largest absolute Gasteiger partial charge is 0.480 e. The smallest absolute Gasteiger partial charge is 0.326 e. The Bertz CT molecular complexity index is 358. The second kappa shape index (κ2) is 3.20. The van der Waals surface area contributed by atoms with Gasteiger partial charge in [-0.3, -0.25) is 4.79 Å². The maximum Gasteiger partial charge on any atom is 0.326 e. The Labute approximate surface area is 86.1 Å². The van der Waals surface area contributed by atoms with E-state index in [1.807, 2.05) is 0 Å². The number of hydrogen-bond donors (Lipinski definition) is 3. The Morgan fingerprint density at radius 1 is 1.47 bits per heavy atom. The minimum absolute atomic E-state index is 0.195. The van der Waals surface area contributed by atoms with E-state index in [0.29, 0.717) is 0 Å². The van der Waals surface area contributed by atoms with E-state index in [1.165, 1.54) is 12.2 Å². The molecule has 0 aromatic carbocycles. The predicted octanol–water partition coefficient (Wildman–Crippen LogP) is -0.567. The fourth-order valence-corrected chi connectivity index (χ4v) is 1.87. The van der Waals surface area contributed by atoms with Crippen molar-refractivity contribution in [3.63, 3.8) is 0 Å². The topological polar surface area (TPSA) is 86.6 Å². The summed E-state index contributed by atoms with van der Waals surface area (Å²) in [5.74, 6) is -1.36. The van der Waals surface area contributed by atoms with Gasteiger partial charge in [0.1, 0.15) is 6.04 Å². The minimum atomic E-state index is -1.03. The van der Waals surface area contributed by atoms with Gasteiger partial charge in [0.05, 0.1) is 11.5 Å². The summed E-state index contributed by atoms with van der Waals surface area (Å²) in [6.07, 6.45) is 5.62. The summed E-state index contributed by atoms with van der Waals surface area (Å²) in [7, 11) is 0. The molecule has 1 spiro atoms. The van der Waals surface area contributed by atoms with Crippen LogP contribution < -0.4 is 5.32 Å². The van der Waals surface area contributed by atoms with Gasteiger partial charge in [0, 0.05) is 0 Å². The molecule has 3 N–H and O–H groups in total. The van der Waals surface area contributed by atoms with E-state index < -0.39 is 23.5 Å². The number of rotatable bonds is 1. The molecular weight excluding hydrogens is 198 g/mol. The molecule has 15 heavy (non-hydrogen) atoms. The van der Waals surface area contributed by atoms with Crippen molar-refractivity contribution >= 4 is 11.9 Å². The van der Waals surface area contributed by atoms with E-state index in [0.717, 1.165) is 0 Å². The molecule has 1 atom stereocenters. The van der Waals surface area contributed by atoms with Crippen molar-refractivity contribution in [1.82, 2.24) is 5.32 Å². The summed E-state index contributed by atoms with van der Waals surface area (Å²) >= 11 is 0. The SMILES string of the molecule is O=C(O)[C@@H]1CC2(C=CC(O)C=C2)C(=O)N1. The fraction of sp³-hybridized carbons (Fsp3) is 0.400. The standard InChI is InChI=1S/C10H11NO4/c12-6-1-3-10(4-2-6)5-7(8(13)14)11-9(10)15/h1-4,6-7,12H,5H2,(H,11,15)(H,13,14)/t6?,7-,10?/m0/s1. The molecular formula is C10H11NO4. The number of carbonyl (C=O) groups excluding carboxylic acids is 1. The molecule has 0 unspecified atom stereocenters. The number of carboxylic acids is 1. The number of amides is 1. The van der Waals surface area contributed by atoms with Crippen molar-refractivity contribution in [2.45, 2.75) is 18.6 Å². The first kappa shape index (κ1) is 9.92. The van der Waals surface area contributed by atoms with Crippen LogP contribution in [0.3, 0.4) is 0 Å². The average Bonchev–Trinajstić information content (AvgIpc) is 2.50. The number of aliphatic hydroxyl groups is 1. The third-order valence-electron chi connectivity index (χ3n) is 2.75. The first-order chi connectivity index (χ1) is 7.03. The molecule has 0 radical (unpaired) electrons.